The molecule has 1 N–H and O–H groups in total. The van der Waals surface area contributed by atoms with Crippen molar-refractivity contribution >= 4 is 23.5 Å². The van der Waals surface area contributed by atoms with Crippen molar-refractivity contribution in [3.63, 3.8) is 0 Å². The van der Waals surface area contributed by atoms with Crippen molar-refractivity contribution in [2.24, 2.45) is 5.92 Å². The molecule has 3 unspecified atom stereocenters. The van der Waals surface area contributed by atoms with Crippen molar-refractivity contribution in [3.8, 4) is 0 Å². The van der Waals surface area contributed by atoms with Crippen LogP contribution in [-0.2, 0) is 19.8 Å². The zero-order chi connectivity index (χ0) is 26.1. The molecule has 2 aliphatic rings. The van der Waals surface area contributed by atoms with Crippen LogP contribution in [0, 0.1) is 5.92 Å². The molecule has 2 saturated heterocycles. The van der Waals surface area contributed by atoms with Crippen LogP contribution in [0.4, 0.5) is 0 Å². The number of ketones is 1. The highest BCUT2D eigenvalue weighted by molar-refractivity contribution is 6.01. The Hall–Kier alpha value is -2.74. The van der Waals surface area contributed by atoms with Crippen LogP contribution in [0.2, 0.25) is 0 Å². The lowest BCUT2D eigenvalue weighted by molar-refractivity contribution is -0.138. The number of benzene rings is 1. The highest BCUT2D eigenvalue weighted by Crippen LogP contribution is 2.31. The zero-order valence-corrected chi connectivity index (χ0v) is 22.1. The van der Waals surface area contributed by atoms with E-state index in [1.54, 1.807) is 26.8 Å². The minimum atomic E-state index is -0.733. The third kappa shape index (κ3) is 6.10. The summed E-state index contributed by atoms with van der Waals surface area (Å²) in [7, 11) is 3.63. The number of carbonyl (C=O) groups excluding carboxylic acids is 4. The molecule has 2 aliphatic heterocycles. The van der Waals surface area contributed by atoms with Gasteiger partial charge in [-0.15, -0.1) is 0 Å². The Bertz CT molecular complexity index is 964. The minimum absolute atomic E-state index is 0.0208. The molecule has 3 atom stereocenters. The number of hydrogen-bond donors (Lipinski definition) is 1. The first kappa shape index (κ1) is 26.9. The quantitative estimate of drug-likeness (QED) is 0.640. The average molecular weight is 485 g/mol. The number of likely N-dealkylation sites (N-methyl/N-ethyl adjacent to an activating group) is 1. The van der Waals surface area contributed by atoms with Crippen LogP contribution in [0.3, 0.4) is 0 Å². The van der Waals surface area contributed by atoms with E-state index in [1.807, 2.05) is 40.1 Å². The molecule has 1 aromatic carbocycles. The lowest BCUT2D eigenvalue weighted by Gasteiger charge is -2.29. The second kappa shape index (κ2) is 10.5. The Morgan fingerprint density at radius 1 is 1.09 bits per heavy atom. The van der Waals surface area contributed by atoms with Crippen LogP contribution in [0.5, 0.6) is 0 Å². The van der Waals surface area contributed by atoms with Gasteiger partial charge in [0.15, 0.2) is 5.78 Å². The van der Waals surface area contributed by atoms with Crippen molar-refractivity contribution in [1.29, 1.82) is 0 Å². The van der Waals surface area contributed by atoms with E-state index < -0.39 is 12.1 Å². The van der Waals surface area contributed by atoms with Gasteiger partial charge in [0.25, 0.3) is 5.91 Å². The SMILES string of the molecule is CC(C)CC(NC(=O)c1ccc(C(C)(C)C)cc1)C(=O)N1CCC2C1C(=O)CN2C(=O)CN(C)C. The minimum Gasteiger partial charge on any atom is -0.340 e. The maximum atomic E-state index is 13.6. The molecule has 0 radical (unpaired) electrons. The molecule has 8 nitrogen and oxygen atoms in total. The maximum Gasteiger partial charge on any atom is 0.251 e. The first-order chi connectivity index (χ1) is 16.3. The van der Waals surface area contributed by atoms with Crippen LogP contribution in [0.25, 0.3) is 0 Å². The molecule has 2 fully saturated rings. The summed E-state index contributed by atoms with van der Waals surface area (Å²) in [5.74, 6) is -0.596. The van der Waals surface area contributed by atoms with Gasteiger partial charge in [0.1, 0.15) is 12.1 Å². The number of carbonyl (C=O) groups is 4. The average Bonchev–Trinajstić information content (AvgIpc) is 3.32. The van der Waals surface area contributed by atoms with Crippen molar-refractivity contribution in [2.45, 2.75) is 71.0 Å². The van der Waals surface area contributed by atoms with Crippen LogP contribution >= 0.6 is 0 Å². The fourth-order valence-corrected chi connectivity index (χ4v) is 5.01. The lowest BCUT2D eigenvalue weighted by Crippen LogP contribution is -2.53. The molecule has 0 aromatic heterocycles. The number of amides is 3. The van der Waals surface area contributed by atoms with Crippen LogP contribution in [0.15, 0.2) is 24.3 Å². The number of hydrogen-bond acceptors (Lipinski definition) is 5. The van der Waals surface area contributed by atoms with Crippen molar-refractivity contribution in [1.82, 2.24) is 20.0 Å². The molecule has 0 spiro atoms. The van der Waals surface area contributed by atoms with Crippen LogP contribution in [0.1, 0.15) is 63.4 Å². The molecule has 1 aromatic rings. The first-order valence-electron chi connectivity index (χ1n) is 12.5. The second-order valence-electron chi connectivity index (χ2n) is 11.5. The summed E-state index contributed by atoms with van der Waals surface area (Å²) >= 11 is 0. The molecule has 0 aliphatic carbocycles. The van der Waals surface area contributed by atoms with Gasteiger partial charge in [0.05, 0.1) is 19.1 Å². The Morgan fingerprint density at radius 3 is 2.26 bits per heavy atom. The number of likely N-dealkylation sites (tertiary alicyclic amines) is 2. The third-order valence-corrected chi connectivity index (χ3v) is 6.80. The van der Waals surface area contributed by atoms with E-state index >= 15 is 0 Å². The van der Waals surface area contributed by atoms with Gasteiger partial charge in [0, 0.05) is 12.1 Å². The first-order valence-corrected chi connectivity index (χ1v) is 12.5. The Kier molecular flexibility index (Phi) is 8.04. The Balaban J connectivity index is 1.75. The highest BCUT2D eigenvalue weighted by atomic mass is 16.2. The predicted octanol–water partition coefficient (Wildman–Crippen LogP) is 2.07. The van der Waals surface area contributed by atoms with Crippen molar-refractivity contribution in [2.75, 3.05) is 33.7 Å². The molecule has 3 rings (SSSR count). The number of nitrogens with one attached hydrogen (secondary N) is 1. The number of rotatable bonds is 7. The molecule has 0 bridgehead atoms. The lowest BCUT2D eigenvalue weighted by atomic mass is 9.86. The summed E-state index contributed by atoms with van der Waals surface area (Å²) in [5, 5.41) is 2.93. The maximum absolute atomic E-state index is 13.6. The highest BCUT2D eigenvalue weighted by Gasteiger charge is 2.52. The summed E-state index contributed by atoms with van der Waals surface area (Å²) < 4.78 is 0. The standard InChI is InChI=1S/C27H40N4O4/c1-17(2)14-20(28-25(34)18-8-10-19(11-9-18)27(3,4)5)26(35)30-13-12-21-24(30)22(32)15-31(21)23(33)16-29(6)7/h8-11,17,20-21,24H,12-16H2,1-7H3,(H,28,34). The number of Topliss-reactive ketones (excluding diaryl/α,β-unsaturated/α-hetero) is 1. The fraction of sp³-hybridized carbons (Fsp3) is 0.630. The summed E-state index contributed by atoms with van der Waals surface area (Å²) in [5.41, 5.74) is 1.60. The van der Waals surface area contributed by atoms with Gasteiger partial charge in [-0.2, -0.15) is 0 Å². The largest absolute Gasteiger partial charge is 0.340 e. The molecular formula is C27H40N4O4. The van der Waals surface area contributed by atoms with Gasteiger partial charge >= 0.3 is 0 Å². The van der Waals surface area contributed by atoms with E-state index in [1.165, 1.54) is 0 Å². The fourth-order valence-electron chi connectivity index (χ4n) is 5.01. The smallest absolute Gasteiger partial charge is 0.251 e. The Morgan fingerprint density at radius 2 is 1.71 bits per heavy atom. The van der Waals surface area contributed by atoms with Gasteiger partial charge in [-0.1, -0.05) is 46.8 Å². The second-order valence-corrected chi connectivity index (χ2v) is 11.5. The van der Waals surface area contributed by atoms with E-state index in [2.05, 4.69) is 26.1 Å². The Labute approximate surface area is 209 Å². The molecule has 192 valence electrons. The normalized spacial score (nSPS) is 21.0. The summed E-state index contributed by atoms with van der Waals surface area (Å²) in [6, 6.07) is 5.79. The molecule has 2 heterocycles. The summed E-state index contributed by atoms with van der Waals surface area (Å²) in [6.07, 6.45) is 1.04. The van der Waals surface area contributed by atoms with Gasteiger partial charge in [-0.05, 0) is 56.0 Å². The molecule has 35 heavy (non-hydrogen) atoms. The summed E-state index contributed by atoms with van der Waals surface area (Å²) in [4.78, 5) is 57.2. The van der Waals surface area contributed by atoms with Gasteiger partial charge in [-0.25, -0.2) is 0 Å². The van der Waals surface area contributed by atoms with E-state index in [4.69, 9.17) is 0 Å². The summed E-state index contributed by atoms with van der Waals surface area (Å²) in [6.45, 7) is 11.0. The van der Waals surface area contributed by atoms with Crippen LogP contribution in [-0.4, -0.2) is 90.1 Å². The van der Waals surface area contributed by atoms with Crippen molar-refractivity contribution < 1.29 is 19.2 Å². The predicted molar refractivity (Wildman–Crippen MR) is 135 cm³/mol. The molecule has 3 amide bonds. The van der Waals surface area contributed by atoms with Gasteiger partial charge in [0.2, 0.25) is 11.8 Å². The van der Waals surface area contributed by atoms with Gasteiger partial charge in [-0.3, -0.25) is 19.2 Å². The number of fused-ring (bicyclic) bond motifs is 1. The molecular weight excluding hydrogens is 444 g/mol. The van der Waals surface area contributed by atoms with Gasteiger partial charge < -0.3 is 20.0 Å². The monoisotopic (exact) mass is 484 g/mol. The molecule has 0 saturated carbocycles. The van der Waals surface area contributed by atoms with Crippen molar-refractivity contribution in [3.05, 3.63) is 35.4 Å². The third-order valence-electron chi connectivity index (χ3n) is 6.80. The number of nitrogens with zero attached hydrogens (tertiary/aromatic N) is 3. The van der Waals surface area contributed by atoms with E-state index in [-0.39, 0.29) is 54.0 Å². The van der Waals surface area contributed by atoms with E-state index in [0.717, 1.165) is 5.56 Å². The molecule has 8 heteroatoms. The van der Waals surface area contributed by atoms with E-state index in [0.29, 0.717) is 24.9 Å². The topological polar surface area (TPSA) is 90.0 Å². The van der Waals surface area contributed by atoms with E-state index in [9.17, 15) is 19.2 Å². The van der Waals surface area contributed by atoms with Crippen LogP contribution < -0.4 is 5.32 Å². The zero-order valence-electron chi connectivity index (χ0n) is 22.1.